The Bertz CT molecular complexity index is 433. The Balaban J connectivity index is 2.28. The van der Waals surface area contributed by atoms with E-state index in [1.165, 1.54) is 0 Å². The van der Waals surface area contributed by atoms with Gasteiger partial charge in [-0.2, -0.15) is 0 Å². The highest BCUT2D eigenvalue weighted by Gasteiger charge is 2.28. The molecule has 0 aliphatic carbocycles. The molecule has 18 heavy (non-hydrogen) atoms. The Morgan fingerprint density at radius 3 is 3.11 bits per heavy atom. The van der Waals surface area contributed by atoms with Crippen LogP contribution >= 0.6 is 0 Å². The van der Waals surface area contributed by atoms with Crippen LogP contribution in [0.3, 0.4) is 0 Å². The van der Waals surface area contributed by atoms with Crippen molar-refractivity contribution in [3.8, 4) is 0 Å². The monoisotopic (exact) mass is 248 g/mol. The zero-order valence-corrected chi connectivity index (χ0v) is 10.9. The van der Waals surface area contributed by atoms with Crippen LogP contribution in [0.5, 0.6) is 0 Å². The van der Waals surface area contributed by atoms with E-state index in [2.05, 4.69) is 15.2 Å². The summed E-state index contributed by atoms with van der Waals surface area (Å²) in [6, 6.07) is 3.74. The van der Waals surface area contributed by atoms with Gasteiger partial charge in [0.05, 0.1) is 0 Å². The van der Waals surface area contributed by atoms with Crippen molar-refractivity contribution in [3.63, 3.8) is 0 Å². The second-order valence-electron chi connectivity index (χ2n) is 4.64. The maximum atomic E-state index is 11.8. The number of hydrogen-bond acceptors (Lipinski definition) is 4. The van der Waals surface area contributed by atoms with Crippen LogP contribution in [-0.4, -0.2) is 30.0 Å². The number of nitrogens with one attached hydrogen (secondary N) is 1. The largest absolute Gasteiger partial charge is 0.353 e. The van der Waals surface area contributed by atoms with Crippen molar-refractivity contribution >= 4 is 11.7 Å². The number of rotatable bonds is 3. The van der Waals surface area contributed by atoms with Crippen LogP contribution in [0.15, 0.2) is 18.3 Å². The van der Waals surface area contributed by atoms with Gasteiger partial charge in [-0.3, -0.25) is 4.79 Å². The molecule has 98 valence electrons. The van der Waals surface area contributed by atoms with Crippen LogP contribution in [0.25, 0.3) is 0 Å². The number of carbonyl (C=O) groups excluding carboxylic acids is 1. The van der Waals surface area contributed by atoms with Crippen molar-refractivity contribution < 1.29 is 4.79 Å². The molecule has 1 aromatic rings. The summed E-state index contributed by atoms with van der Waals surface area (Å²) in [5.41, 5.74) is 6.92. The van der Waals surface area contributed by atoms with Crippen molar-refractivity contribution in [2.24, 2.45) is 5.73 Å². The summed E-state index contributed by atoms with van der Waals surface area (Å²) in [6.45, 7) is 5.41. The fraction of sp³-hybridized carbons (Fsp3) is 0.538. The van der Waals surface area contributed by atoms with Crippen molar-refractivity contribution in [1.82, 2.24) is 10.3 Å². The van der Waals surface area contributed by atoms with E-state index in [-0.39, 0.29) is 18.0 Å². The lowest BCUT2D eigenvalue weighted by Crippen LogP contribution is -2.55. The number of hydrogen-bond donors (Lipinski definition) is 2. The van der Waals surface area contributed by atoms with Crippen LogP contribution < -0.4 is 16.0 Å². The first-order chi connectivity index (χ1) is 8.63. The van der Waals surface area contributed by atoms with Gasteiger partial charge < -0.3 is 16.0 Å². The average Bonchev–Trinajstić information content (AvgIpc) is 2.38. The highest BCUT2D eigenvalue weighted by atomic mass is 16.2. The Morgan fingerprint density at radius 1 is 1.67 bits per heavy atom. The number of piperazine rings is 1. The van der Waals surface area contributed by atoms with Gasteiger partial charge in [0.15, 0.2) is 0 Å². The van der Waals surface area contributed by atoms with Gasteiger partial charge in [-0.1, -0.05) is 6.92 Å². The van der Waals surface area contributed by atoms with E-state index in [0.717, 1.165) is 24.3 Å². The third kappa shape index (κ3) is 2.46. The summed E-state index contributed by atoms with van der Waals surface area (Å²) >= 11 is 0. The third-order valence-corrected chi connectivity index (χ3v) is 3.31. The van der Waals surface area contributed by atoms with E-state index in [0.29, 0.717) is 6.54 Å². The minimum Gasteiger partial charge on any atom is -0.353 e. The lowest BCUT2D eigenvalue weighted by atomic mass is 10.1. The minimum absolute atomic E-state index is 0.0227. The van der Waals surface area contributed by atoms with Gasteiger partial charge in [0.25, 0.3) is 0 Å². The number of amides is 1. The number of nitrogens with zero attached hydrogens (tertiary/aromatic N) is 2. The van der Waals surface area contributed by atoms with Crippen LogP contribution in [0, 0.1) is 0 Å². The van der Waals surface area contributed by atoms with Gasteiger partial charge in [-0.15, -0.1) is 0 Å². The zero-order chi connectivity index (χ0) is 13.1. The van der Waals surface area contributed by atoms with E-state index < -0.39 is 0 Å². The van der Waals surface area contributed by atoms with E-state index in [1.807, 2.05) is 26.0 Å². The molecule has 0 bridgehead atoms. The van der Waals surface area contributed by atoms with Gasteiger partial charge in [-0.25, -0.2) is 4.98 Å². The predicted molar refractivity (Wildman–Crippen MR) is 71.3 cm³/mol. The normalized spacial score (nSPS) is 21.6. The molecule has 2 atom stereocenters. The fourth-order valence-corrected chi connectivity index (χ4v) is 2.27. The molecule has 2 unspecified atom stereocenters. The maximum absolute atomic E-state index is 11.8. The average molecular weight is 248 g/mol. The van der Waals surface area contributed by atoms with Crippen molar-refractivity contribution in [2.75, 3.05) is 18.0 Å². The van der Waals surface area contributed by atoms with Crippen molar-refractivity contribution in [3.05, 3.63) is 23.9 Å². The number of pyridine rings is 1. The van der Waals surface area contributed by atoms with E-state index in [9.17, 15) is 4.79 Å². The lowest BCUT2D eigenvalue weighted by molar-refractivity contribution is -0.123. The molecule has 1 aliphatic rings. The highest BCUT2D eigenvalue weighted by Crippen LogP contribution is 2.21. The third-order valence-electron chi connectivity index (χ3n) is 3.31. The molecule has 1 fully saturated rings. The first kappa shape index (κ1) is 12.8. The molecule has 1 aromatic heterocycles. The number of carbonyl (C=O) groups is 1. The molecule has 0 spiro atoms. The maximum Gasteiger partial charge on any atom is 0.242 e. The van der Waals surface area contributed by atoms with Gasteiger partial charge in [0, 0.05) is 25.3 Å². The molecule has 2 rings (SSSR count). The molecule has 3 N–H and O–H groups in total. The molecule has 0 radical (unpaired) electrons. The van der Waals surface area contributed by atoms with E-state index in [1.54, 1.807) is 6.20 Å². The summed E-state index contributed by atoms with van der Waals surface area (Å²) in [7, 11) is 0. The van der Waals surface area contributed by atoms with Crippen LogP contribution in [0.2, 0.25) is 0 Å². The Morgan fingerprint density at radius 2 is 2.44 bits per heavy atom. The molecular formula is C13H20N4O. The summed E-state index contributed by atoms with van der Waals surface area (Å²) in [6.07, 6.45) is 2.53. The first-order valence-corrected chi connectivity index (χ1v) is 6.39. The smallest absolute Gasteiger partial charge is 0.242 e. The number of nitrogens with two attached hydrogens (primary N) is 1. The van der Waals surface area contributed by atoms with Crippen molar-refractivity contribution in [2.45, 2.75) is 32.4 Å². The Labute approximate surface area is 107 Å². The van der Waals surface area contributed by atoms with Gasteiger partial charge in [0.2, 0.25) is 5.91 Å². The minimum atomic E-state index is -0.130. The first-order valence-electron chi connectivity index (χ1n) is 6.39. The number of anilines is 1. The molecule has 0 saturated carbocycles. The molecular weight excluding hydrogens is 228 g/mol. The van der Waals surface area contributed by atoms with Crippen LogP contribution in [0.1, 0.15) is 31.9 Å². The second-order valence-corrected chi connectivity index (χ2v) is 4.64. The topological polar surface area (TPSA) is 71.2 Å². The SMILES string of the molecule is CCC1C(=O)NCCN1c1cc(C(C)N)ccn1. The summed E-state index contributed by atoms with van der Waals surface area (Å²) in [5, 5.41) is 2.89. The lowest BCUT2D eigenvalue weighted by Gasteiger charge is -2.35. The van der Waals surface area contributed by atoms with Gasteiger partial charge in [-0.05, 0) is 31.0 Å². The Kier molecular flexibility index (Phi) is 3.81. The summed E-state index contributed by atoms with van der Waals surface area (Å²) < 4.78 is 0. The van der Waals surface area contributed by atoms with E-state index in [4.69, 9.17) is 5.73 Å². The van der Waals surface area contributed by atoms with Crippen molar-refractivity contribution in [1.29, 1.82) is 0 Å². The molecule has 2 heterocycles. The highest BCUT2D eigenvalue weighted by molar-refractivity contribution is 5.86. The molecule has 1 amide bonds. The molecule has 1 saturated heterocycles. The van der Waals surface area contributed by atoms with Gasteiger partial charge in [0.1, 0.15) is 11.9 Å². The Hall–Kier alpha value is -1.62. The summed E-state index contributed by atoms with van der Waals surface area (Å²) in [4.78, 5) is 18.3. The molecule has 1 aliphatic heterocycles. The summed E-state index contributed by atoms with van der Waals surface area (Å²) in [5.74, 6) is 0.920. The quantitative estimate of drug-likeness (QED) is 0.830. The zero-order valence-electron chi connectivity index (χ0n) is 10.9. The van der Waals surface area contributed by atoms with Gasteiger partial charge >= 0.3 is 0 Å². The molecule has 5 nitrogen and oxygen atoms in total. The molecule has 5 heteroatoms. The predicted octanol–water partition coefficient (Wildman–Crippen LogP) is 0.816. The second kappa shape index (κ2) is 5.35. The number of aromatic nitrogens is 1. The van der Waals surface area contributed by atoms with Crippen LogP contribution in [-0.2, 0) is 4.79 Å². The molecule has 0 aromatic carbocycles. The van der Waals surface area contributed by atoms with Crippen LogP contribution in [0.4, 0.5) is 5.82 Å². The van der Waals surface area contributed by atoms with E-state index >= 15 is 0 Å². The fourth-order valence-electron chi connectivity index (χ4n) is 2.27. The standard InChI is InChI=1S/C13H20N4O/c1-3-11-13(18)16-6-7-17(11)12-8-10(9(2)14)4-5-15-12/h4-5,8-9,11H,3,6-7,14H2,1-2H3,(H,16,18).